The summed E-state index contributed by atoms with van der Waals surface area (Å²) in [6, 6.07) is 51.8. The molecule has 41 heavy (non-hydrogen) atoms. The van der Waals surface area contributed by atoms with Gasteiger partial charge in [-0.1, -0.05) is 91.0 Å². The second-order valence-corrected chi connectivity index (χ2v) is 12.1. The summed E-state index contributed by atoms with van der Waals surface area (Å²) < 4.78 is 3.84. The van der Waals surface area contributed by atoms with Crippen LogP contribution in [0.5, 0.6) is 0 Å². The summed E-state index contributed by atoms with van der Waals surface area (Å²) in [4.78, 5) is 7.37. The molecule has 0 fully saturated rings. The second kappa shape index (κ2) is 10.0. The molecule has 0 unspecified atom stereocenters. The Morgan fingerprint density at radius 2 is 1.05 bits per heavy atom. The van der Waals surface area contributed by atoms with Crippen LogP contribution in [-0.4, -0.2) is 4.98 Å². The first kappa shape index (κ1) is 24.1. The lowest BCUT2D eigenvalue weighted by Crippen LogP contribution is -2.09. The van der Waals surface area contributed by atoms with Gasteiger partial charge in [0.25, 0.3) is 0 Å². The standard InChI is InChI=1S/C37H24N2S2/c1-4-10-25(11-5-1)26-16-18-29(19-17-26)39(28-14-8-3-9-15-28)30-20-22-33-31(24-30)35-34(40-33)23-21-32-36(35)41-37(38-32)27-12-6-2-7-13-27/h1-24H. The van der Waals surface area contributed by atoms with Crippen molar-refractivity contribution in [2.75, 3.05) is 4.90 Å². The smallest absolute Gasteiger partial charge is 0.124 e. The van der Waals surface area contributed by atoms with Crippen LogP contribution in [0.1, 0.15) is 0 Å². The molecule has 0 amide bonds. The zero-order valence-corrected chi connectivity index (χ0v) is 23.7. The summed E-state index contributed by atoms with van der Waals surface area (Å²) in [5.41, 5.74) is 8.06. The van der Waals surface area contributed by atoms with E-state index in [-0.39, 0.29) is 0 Å². The van der Waals surface area contributed by atoms with Crippen molar-refractivity contribution in [1.82, 2.24) is 4.98 Å². The van der Waals surface area contributed by atoms with Crippen molar-refractivity contribution < 1.29 is 0 Å². The molecule has 0 radical (unpaired) electrons. The topological polar surface area (TPSA) is 16.1 Å². The van der Waals surface area contributed by atoms with Gasteiger partial charge < -0.3 is 4.90 Å². The zero-order chi connectivity index (χ0) is 27.2. The molecule has 8 aromatic rings. The van der Waals surface area contributed by atoms with Gasteiger partial charge in [0, 0.05) is 42.8 Å². The summed E-state index contributed by atoms with van der Waals surface area (Å²) in [5.74, 6) is 0. The Bertz CT molecular complexity index is 2130. The Morgan fingerprint density at radius 1 is 0.463 bits per heavy atom. The maximum atomic E-state index is 5.02. The highest BCUT2D eigenvalue weighted by Gasteiger charge is 2.17. The molecular weight excluding hydrogens is 537 g/mol. The first-order valence-corrected chi connectivity index (χ1v) is 15.3. The van der Waals surface area contributed by atoms with Crippen LogP contribution in [0.25, 0.3) is 52.1 Å². The van der Waals surface area contributed by atoms with Gasteiger partial charge in [-0.3, -0.25) is 0 Å². The molecule has 2 nitrogen and oxygen atoms in total. The highest BCUT2D eigenvalue weighted by atomic mass is 32.1. The normalized spacial score (nSPS) is 11.4. The number of anilines is 3. The Labute approximate surface area is 246 Å². The number of hydrogen-bond donors (Lipinski definition) is 0. The molecule has 0 bridgehead atoms. The molecule has 0 saturated carbocycles. The number of benzene rings is 6. The number of fused-ring (bicyclic) bond motifs is 5. The fourth-order valence-corrected chi connectivity index (χ4v) is 7.83. The van der Waals surface area contributed by atoms with Crippen molar-refractivity contribution in [1.29, 1.82) is 0 Å². The highest BCUT2D eigenvalue weighted by molar-refractivity contribution is 7.28. The van der Waals surface area contributed by atoms with Crippen LogP contribution in [-0.2, 0) is 0 Å². The van der Waals surface area contributed by atoms with Crippen LogP contribution >= 0.6 is 22.7 Å². The first-order valence-electron chi connectivity index (χ1n) is 13.6. The number of para-hydroxylation sites is 1. The van der Waals surface area contributed by atoms with E-state index in [2.05, 4.69) is 150 Å². The molecule has 0 spiro atoms. The van der Waals surface area contributed by atoms with Crippen LogP contribution < -0.4 is 4.90 Å². The molecule has 8 rings (SSSR count). The maximum Gasteiger partial charge on any atom is 0.124 e. The molecule has 2 aromatic heterocycles. The molecule has 0 atom stereocenters. The lowest BCUT2D eigenvalue weighted by atomic mass is 10.0. The molecule has 6 aromatic carbocycles. The number of hydrogen-bond acceptors (Lipinski definition) is 4. The van der Waals surface area contributed by atoms with Gasteiger partial charge in [-0.2, -0.15) is 0 Å². The van der Waals surface area contributed by atoms with Gasteiger partial charge in [0.15, 0.2) is 0 Å². The molecular formula is C37H24N2S2. The van der Waals surface area contributed by atoms with Gasteiger partial charge in [-0.15, -0.1) is 22.7 Å². The number of nitrogens with zero attached hydrogens (tertiary/aromatic N) is 2. The minimum atomic E-state index is 1.06. The van der Waals surface area contributed by atoms with Crippen molar-refractivity contribution in [2.45, 2.75) is 0 Å². The molecule has 0 N–H and O–H groups in total. The van der Waals surface area contributed by atoms with E-state index in [1.807, 2.05) is 11.3 Å². The average molecular weight is 561 g/mol. The van der Waals surface area contributed by atoms with Crippen molar-refractivity contribution in [3.63, 3.8) is 0 Å². The summed E-state index contributed by atoms with van der Waals surface area (Å²) in [5, 5.41) is 3.64. The molecule has 4 heteroatoms. The molecule has 0 aliphatic rings. The van der Waals surface area contributed by atoms with Gasteiger partial charge >= 0.3 is 0 Å². The van der Waals surface area contributed by atoms with Gasteiger partial charge in [-0.25, -0.2) is 4.98 Å². The molecule has 0 saturated heterocycles. The summed E-state index contributed by atoms with van der Waals surface area (Å²) in [6.07, 6.45) is 0. The van der Waals surface area contributed by atoms with Crippen LogP contribution in [0.2, 0.25) is 0 Å². The van der Waals surface area contributed by atoms with E-state index in [1.54, 1.807) is 11.3 Å². The lowest BCUT2D eigenvalue weighted by molar-refractivity contribution is 1.29. The van der Waals surface area contributed by atoms with E-state index < -0.39 is 0 Å². The van der Waals surface area contributed by atoms with E-state index in [4.69, 9.17) is 4.98 Å². The van der Waals surface area contributed by atoms with Crippen LogP contribution in [0, 0.1) is 0 Å². The summed E-state index contributed by atoms with van der Waals surface area (Å²) in [6.45, 7) is 0. The van der Waals surface area contributed by atoms with Crippen molar-refractivity contribution in [3.8, 4) is 21.7 Å². The number of thiazole rings is 1. The predicted molar refractivity (Wildman–Crippen MR) is 178 cm³/mol. The monoisotopic (exact) mass is 560 g/mol. The average Bonchev–Trinajstić information content (AvgIpc) is 3.64. The van der Waals surface area contributed by atoms with E-state index in [1.165, 1.54) is 36.0 Å². The quantitative estimate of drug-likeness (QED) is 0.208. The third-order valence-electron chi connectivity index (χ3n) is 7.50. The third kappa shape index (κ3) is 4.29. The fourth-order valence-electron chi connectivity index (χ4n) is 5.54. The van der Waals surface area contributed by atoms with E-state index in [0.29, 0.717) is 0 Å². The Morgan fingerprint density at radius 3 is 1.78 bits per heavy atom. The van der Waals surface area contributed by atoms with E-state index in [9.17, 15) is 0 Å². The van der Waals surface area contributed by atoms with Crippen molar-refractivity contribution >= 4 is 70.1 Å². The largest absolute Gasteiger partial charge is 0.310 e. The predicted octanol–water partition coefficient (Wildman–Crippen LogP) is 11.5. The SMILES string of the molecule is c1ccc(-c2ccc(N(c3ccccc3)c3ccc4sc5ccc6nc(-c7ccccc7)sc6c5c4c3)cc2)cc1. The van der Waals surface area contributed by atoms with E-state index in [0.717, 1.165) is 33.1 Å². The first-order chi connectivity index (χ1) is 20.3. The van der Waals surface area contributed by atoms with Crippen molar-refractivity contribution in [2.24, 2.45) is 0 Å². The minimum absolute atomic E-state index is 1.06. The lowest BCUT2D eigenvalue weighted by Gasteiger charge is -2.25. The second-order valence-electron chi connectivity index (χ2n) is 10.0. The van der Waals surface area contributed by atoms with Gasteiger partial charge in [0.05, 0.1) is 10.2 Å². The molecule has 0 aliphatic carbocycles. The Kier molecular flexibility index (Phi) is 5.87. The van der Waals surface area contributed by atoms with E-state index >= 15 is 0 Å². The highest BCUT2D eigenvalue weighted by Crippen LogP contribution is 2.45. The Balaban J connectivity index is 1.29. The fraction of sp³-hybridized carbons (Fsp3) is 0. The maximum absolute atomic E-state index is 5.02. The van der Waals surface area contributed by atoms with Gasteiger partial charge in [-0.05, 0) is 65.7 Å². The zero-order valence-electron chi connectivity index (χ0n) is 22.1. The summed E-state index contributed by atoms with van der Waals surface area (Å²) >= 11 is 3.64. The van der Waals surface area contributed by atoms with Crippen LogP contribution in [0.15, 0.2) is 146 Å². The Hall–Kier alpha value is -4.77. The molecule has 194 valence electrons. The minimum Gasteiger partial charge on any atom is -0.310 e. The molecule has 0 aliphatic heterocycles. The van der Waals surface area contributed by atoms with Gasteiger partial charge in [0.2, 0.25) is 0 Å². The van der Waals surface area contributed by atoms with Gasteiger partial charge in [0.1, 0.15) is 5.01 Å². The van der Waals surface area contributed by atoms with Crippen molar-refractivity contribution in [3.05, 3.63) is 146 Å². The van der Waals surface area contributed by atoms with Crippen LogP contribution in [0.4, 0.5) is 17.1 Å². The third-order valence-corrected chi connectivity index (χ3v) is 9.77. The number of rotatable bonds is 5. The van der Waals surface area contributed by atoms with Crippen LogP contribution in [0.3, 0.4) is 0 Å². The summed E-state index contributed by atoms with van der Waals surface area (Å²) in [7, 11) is 0. The number of aromatic nitrogens is 1. The number of thiophene rings is 1. The molecule has 2 heterocycles.